The summed E-state index contributed by atoms with van der Waals surface area (Å²) in [5, 5.41) is 9.10. The monoisotopic (exact) mass is 324 g/mol. The lowest BCUT2D eigenvalue weighted by Gasteiger charge is -2.37. The van der Waals surface area contributed by atoms with E-state index in [1.807, 2.05) is 0 Å². The summed E-state index contributed by atoms with van der Waals surface area (Å²) >= 11 is 0. The number of unbranched alkanes of at least 4 members (excludes halogenated alkanes) is 4. The topological polar surface area (TPSA) is 46.5 Å². The first kappa shape index (κ1) is 18.8. The van der Waals surface area contributed by atoms with Crippen LogP contribution in [0.2, 0.25) is 0 Å². The molecule has 0 heterocycles. The molecule has 0 atom stereocenters. The van der Waals surface area contributed by atoms with Gasteiger partial charge in [-0.15, -0.1) is 0 Å². The molecule has 2 rings (SSSR count). The summed E-state index contributed by atoms with van der Waals surface area (Å²) in [6, 6.07) is 0. The molecule has 0 aromatic rings. The van der Waals surface area contributed by atoms with Crippen molar-refractivity contribution in [1.29, 1.82) is 0 Å². The van der Waals surface area contributed by atoms with Gasteiger partial charge < -0.3 is 9.84 Å². The second-order valence-electron chi connectivity index (χ2n) is 7.77. The van der Waals surface area contributed by atoms with Crippen molar-refractivity contribution in [1.82, 2.24) is 0 Å². The number of hydrogen-bond acceptors (Lipinski definition) is 2. The standard InChI is InChI=1S/C20H36O3/c1-2-3-4-5-6-15-23-19-13-11-17(12-14-19)16-7-9-18(10-8-16)20(21)22/h16-19H,2-15H2,1H3,(H,21,22). The zero-order valence-electron chi connectivity index (χ0n) is 15.0. The van der Waals surface area contributed by atoms with Crippen molar-refractivity contribution >= 4 is 5.97 Å². The van der Waals surface area contributed by atoms with E-state index in [9.17, 15) is 4.79 Å². The van der Waals surface area contributed by atoms with Crippen LogP contribution >= 0.6 is 0 Å². The Morgan fingerprint density at radius 2 is 1.43 bits per heavy atom. The Morgan fingerprint density at radius 1 is 0.870 bits per heavy atom. The van der Waals surface area contributed by atoms with E-state index in [4.69, 9.17) is 9.84 Å². The van der Waals surface area contributed by atoms with E-state index in [-0.39, 0.29) is 5.92 Å². The molecule has 134 valence electrons. The number of aliphatic carboxylic acids is 1. The first-order valence-corrected chi connectivity index (χ1v) is 10.0. The predicted octanol–water partition coefficient (Wildman–Crippen LogP) is 5.42. The van der Waals surface area contributed by atoms with Gasteiger partial charge in [-0.2, -0.15) is 0 Å². The summed E-state index contributed by atoms with van der Waals surface area (Å²) < 4.78 is 6.07. The number of carboxylic acid groups (broad SMARTS) is 1. The summed E-state index contributed by atoms with van der Waals surface area (Å²) in [5.74, 6) is 0.952. The molecule has 2 aliphatic rings. The molecule has 0 unspecified atom stereocenters. The summed E-state index contributed by atoms with van der Waals surface area (Å²) in [7, 11) is 0. The van der Waals surface area contributed by atoms with Crippen molar-refractivity contribution in [3.63, 3.8) is 0 Å². The maximum atomic E-state index is 11.0. The average Bonchev–Trinajstić information content (AvgIpc) is 2.58. The normalized spacial score (nSPS) is 31.9. The van der Waals surface area contributed by atoms with Gasteiger partial charge in [-0.3, -0.25) is 4.79 Å². The van der Waals surface area contributed by atoms with Gasteiger partial charge >= 0.3 is 5.97 Å². The van der Waals surface area contributed by atoms with Crippen LogP contribution in [-0.2, 0) is 9.53 Å². The minimum atomic E-state index is -0.584. The lowest BCUT2D eigenvalue weighted by molar-refractivity contribution is -0.143. The van der Waals surface area contributed by atoms with E-state index in [1.165, 1.54) is 57.8 Å². The van der Waals surface area contributed by atoms with Crippen LogP contribution in [0.5, 0.6) is 0 Å². The third-order valence-electron chi connectivity index (χ3n) is 6.11. The van der Waals surface area contributed by atoms with Gasteiger partial charge in [0.25, 0.3) is 0 Å². The summed E-state index contributed by atoms with van der Waals surface area (Å²) in [5.41, 5.74) is 0. The van der Waals surface area contributed by atoms with Crippen LogP contribution in [-0.4, -0.2) is 23.8 Å². The molecule has 0 amide bonds. The quantitative estimate of drug-likeness (QED) is 0.576. The van der Waals surface area contributed by atoms with Crippen molar-refractivity contribution in [3.8, 4) is 0 Å². The molecule has 0 aromatic heterocycles. The third kappa shape index (κ3) is 6.45. The minimum Gasteiger partial charge on any atom is -0.481 e. The molecule has 0 saturated heterocycles. The minimum absolute atomic E-state index is 0.0707. The Morgan fingerprint density at radius 3 is 2.00 bits per heavy atom. The maximum absolute atomic E-state index is 11.0. The van der Waals surface area contributed by atoms with Gasteiger partial charge in [-0.1, -0.05) is 32.6 Å². The fourth-order valence-electron chi connectivity index (χ4n) is 4.52. The number of rotatable bonds is 9. The highest BCUT2D eigenvalue weighted by atomic mass is 16.5. The lowest BCUT2D eigenvalue weighted by atomic mass is 9.70. The maximum Gasteiger partial charge on any atom is 0.306 e. The largest absolute Gasteiger partial charge is 0.481 e. The molecule has 0 radical (unpaired) electrons. The van der Waals surface area contributed by atoms with Crippen LogP contribution in [0.1, 0.15) is 90.4 Å². The lowest BCUT2D eigenvalue weighted by Crippen LogP contribution is -2.30. The van der Waals surface area contributed by atoms with E-state index in [2.05, 4.69) is 6.92 Å². The third-order valence-corrected chi connectivity index (χ3v) is 6.11. The second-order valence-corrected chi connectivity index (χ2v) is 7.77. The number of carbonyl (C=O) groups is 1. The number of hydrogen-bond donors (Lipinski definition) is 1. The Bertz CT molecular complexity index is 326. The fraction of sp³-hybridized carbons (Fsp3) is 0.950. The van der Waals surface area contributed by atoms with Gasteiger partial charge in [-0.25, -0.2) is 0 Å². The number of ether oxygens (including phenoxy) is 1. The van der Waals surface area contributed by atoms with Crippen LogP contribution < -0.4 is 0 Å². The van der Waals surface area contributed by atoms with Crippen LogP contribution in [0.25, 0.3) is 0 Å². The molecule has 0 spiro atoms. The van der Waals surface area contributed by atoms with Gasteiger partial charge in [0.05, 0.1) is 12.0 Å². The molecule has 3 nitrogen and oxygen atoms in total. The van der Waals surface area contributed by atoms with Gasteiger partial charge in [-0.05, 0) is 69.6 Å². The van der Waals surface area contributed by atoms with E-state index < -0.39 is 5.97 Å². The van der Waals surface area contributed by atoms with Crippen molar-refractivity contribution in [2.45, 2.75) is 96.5 Å². The first-order chi connectivity index (χ1) is 11.2. The first-order valence-electron chi connectivity index (χ1n) is 10.0. The smallest absolute Gasteiger partial charge is 0.306 e. The molecule has 1 N–H and O–H groups in total. The Labute approximate surface area is 142 Å². The van der Waals surface area contributed by atoms with E-state index in [1.54, 1.807) is 0 Å². The molecule has 0 aromatic carbocycles. The van der Waals surface area contributed by atoms with Gasteiger partial charge in [0.2, 0.25) is 0 Å². The van der Waals surface area contributed by atoms with Crippen molar-refractivity contribution in [2.75, 3.05) is 6.61 Å². The zero-order valence-corrected chi connectivity index (χ0v) is 15.0. The van der Waals surface area contributed by atoms with E-state index in [0.717, 1.165) is 44.1 Å². The molecule has 2 fully saturated rings. The Kier molecular flexibility index (Phi) is 8.43. The highest BCUT2D eigenvalue weighted by Crippen LogP contribution is 2.40. The molecule has 2 aliphatic carbocycles. The fourth-order valence-corrected chi connectivity index (χ4v) is 4.52. The van der Waals surface area contributed by atoms with Crippen molar-refractivity contribution in [2.24, 2.45) is 17.8 Å². The SMILES string of the molecule is CCCCCCCOC1CCC(C2CCC(C(=O)O)CC2)CC1. The Balaban J connectivity index is 1.55. The van der Waals surface area contributed by atoms with E-state index >= 15 is 0 Å². The van der Waals surface area contributed by atoms with Crippen LogP contribution in [0.3, 0.4) is 0 Å². The van der Waals surface area contributed by atoms with Crippen LogP contribution in [0, 0.1) is 17.8 Å². The highest BCUT2D eigenvalue weighted by molar-refractivity contribution is 5.69. The number of carboxylic acids is 1. The average molecular weight is 325 g/mol. The molecular formula is C20H36O3. The summed E-state index contributed by atoms with van der Waals surface area (Å²) in [6.07, 6.45) is 16.1. The molecule has 23 heavy (non-hydrogen) atoms. The van der Waals surface area contributed by atoms with Crippen LogP contribution in [0.15, 0.2) is 0 Å². The predicted molar refractivity (Wildman–Crippen MR) is 93.5 cm³/mol. The van der Waals surface area contributed by atoms with Crippen molar-refractivity contribution in [3.05, 3.63) is 0 Å². The zero-order chi connectivity index (χ0) is 16.5. The van der Waals surface area contributed by atoms with Crippen molar-refractivity contribution < 1.29 is 14.6 Å². The second kappa shape index (κ2) is 10.3. The molecule has 2 saturated carbocycles. The summed E-state index contributed by atoms with van der Waals surface area (Å²) in [6.45, 7) is 3.20. The molecule has 3 heteroatoms. The Hall–Kier alpha value is -0.570. The highest BCUT2D eigenvalue weighted by Gasteiger charge is 2.32. The van der Waals surface area contributed by atoms with Crippen LogP contribution in [0.4, 0.5) is 0 Å². The summed E-state index contributed by atoms with van der Waals surface area (Å²) in [4.78, 5) is 11.0. The molecular weight excluding hydrogens is 288 g/mol. The molecule has 0 bridgehead atoms. The van der Waals surface area contributed by atoms with Gasteiger partial charge in [0.15, 0.2) is 0 Å². The molecule has 0 aliphatic heterocycles. The van der Waals surface area contributed by atoms with Gasteiger partial charge in [0.1, 0.15) is 0 Å². The van der Waals surface area contributed by atoms with E-state index in [0.29, 0.717) is 6.10 Å². The van der Waals surface area contributed by atoms with Gasteiger partial charge in [0, 0.05) is 6.61 Å².